The second-order valence-electron chi connectivity index (χ2n) is 5.31. The molecule has 0 saturated carbocycles. The summed E-state index contributed by atoms with van der Waals surface area (Å²) in [5.74, 6) is 0.700. The van der Waals surface area contributed by atoms with Gasteiger partial charge in [0.1, 0.15) is 5.82 Å². The lowest BCUT2D eigenvalue weighted by atomic mass is 9.93. The van der Waals surface area contributed by atoms with E-state index in [4.69, 9.17) is 0 Å². The van der Waals surface area contributed by atoms with Crippen LogP contribution in [0, 0.1) is 0 Å². The second-order valence-corrected chi connectivity index (χ2v) is 5.31. The van der Waals surface area contributed by atoms with Crippen LogP contribution in [0.4, 0.5) is 5.82 Å². The monoisotopic (exact) mass is 321 g/mol. The number of nitrogens with one attached hydrogen (secondary N) is 2. The van der Waals surface area contributed by atoms with E-state index < -0.39 is 0 Å². The first-order valence-corrected chi connectivity index (χ1v) is 7.20. The largest absolute Gasteiger partial charge is 0.316 e. The van der Waals surface area contributed by atoms with Crippen molar-refractivity contribution >= 4 is 24.1 Å². The van der Waals surface area contributed by atoms with Gasteiger partial charge in [0.15, 0.2) is 0 Å². The van der Waals surface area contributed by atoms with Crippen LogP contribution in [0.25, 0.3) is 0 Å². The van der Waals surface area contributed by atoms with E-state index in [0.717, 1.165) is 31.6 Å². The Morgan fingerprint density at radius 3 is 3.00 bits per heavy atom. The molecule has 2 N–H and O–H groups in total. The summed E-state index contributed by atoms with van der Waals surface area (Å²) in [6, 6.07) is 5.44. The summed E-state index contributed by atoms with van der Waals surface area (Å²) in [6.45, 7) is 1.92. The van der Waals surface area contributed by atoms with Crippen LogP contribution in [0.5, 0.6) is 0 Å². The number of amides is 1. The number of hydrogen-bond donors (Lipinski definition) is 2. The molecule has 118 valence electrons. The summed E-state index contributed by atoms with van der Waals surface area (Å²) < 4.78 is 1.71. The highest BCUT2D eigenvalue weighted by Crippen LogP contribution is 2.25. The number of pyridine rings is 1. The van der Waals surface area contributed by atoms with E-state index >= 15 is 0 Å². The maximum Gasteiger partial charge on any atom is 0.260 e. The maximum absolute atomic E-state index is 12.5. The van der Waals surface area contributed by atoms with E-state index in [0.29, 0.717) is 17.3 Å². The molecule has 1 unspecified atom stereocenters. The Bertz CT molecular complexity index is 622. The fourth-order valence-corrected chi connectivity index (χ4v) is 2.69. The standard InChI is InChI=1S/C15H19N5O.ClH/c1-20-10-12(14(19-20)11-5-4-7-16-9-11)15(21)18-13-6-2-3-8-17-13;/h2-3,6,8,10-11,16H,4-5,7,9H2,1H3,(H,17,18,21);1H. The minimum atomic E-state index is -0.151. The summed E-state index contributed by atoms with van der Waals surface area (Å²) in [6.07, 6.45) is 5.61. The molecule has 0 radical (unpaired) electrons. The van der Waals surface area contributed by atoms with Crippen molar-refractivity contribution in [1.82, 2.24) is 20.1 Å². The maximum atomic E-state index is 12.5. The van der Waals surface area contributed by atoms with Gasteiger partial charge in [-0.05, 0) is 31.5 Å². The molecule has 2 aromatic rings. The van der Waals surface area contributed by atoms with Crippen LogP contribution >= 0.6 is 12.4 Å². The van der Waals surface area contributed by atoms with Crippen molar-refractivity contribution < 1.29 is 4.79 Å². The fraction of sp³-hybridized carbons (Fsp3) is 0.400. The van der Waals surface area contributed by atoms with Crippen molar-refractivity contribution in [3.63, 3.8) is 0 Å². The highest BCUT2D eigenvalue weighted by Gasteiger charge is 2.24. The molecular formula is C15H20ClN5O. The van der Waals surface area contributed by atoms with E-state index in [9.17, 15) is 4.79 Å². The highest BCUT2D eigenvalue weighted by molar-refractivity contribution is 6.04. The van der Waals surface area contributed by atoms with Gasteiger partial charge in [-0.15, -0.1) is 12.4 Å². The first kappa shape index (κ1) is 16.5. The Balaban J connectivity index is 0.00000176. The third kappa shape index (κ3) is 3.64. The molecule has 1 fully saturated rings. The molecule has 1 amide bonds. The molecule has 1 aliphatic heterocycles. The van der Waals surface area contributed by atoms with Gasteiger partial charge in [0.05, 0.1) is 11.3 Å². The third-order valence-electron chi connectivity index (χ3n) is 3.69. The second kappa shape index (κ2) is 7.38. The number of aromatic nitrogens is 3. The van der Waals surface area contributed by atoms with Crippen LogP contribution in [-0.4, -0.2) is 33.8 Å². The van der Waals surface area contributed by atoms with Crippen LogP contribution in [-0.2, 0) is 7.05 Å². The van der Waals surface area contributed by atoms with Gasteiger partial charge in [0.2, 0.25) is 0 Å². The van der Waals surface area contributed by atoms with Crippen molar-refractivity contribution in [3.8, 4) is 0 Å². The number of nitrogens with zero attached hydrogens (tertiary/aromatic N) is 3. The molecular weight excluding hydrogens is 302 g/mol. The fourth-order valence-electron chi connectivity index (χ4n) is 2.69. The molecule has 7 heteroatoms. The Kier molecular flexibility index (Phi) is 5.51. The molecule has 6 nitrogen and oxygen atoms in total. The van der Waals surface area contributed by atoms with E-state index in [1.807, 2.05) is 19.2 Å². The van der Waals surface area contributed by atoms with E-state index in [1.54, 1.807) is 23.1 Å². The van der Waals surface area contributed by atoms with Gasteiger partial charge in [-0.2, -0.15) is 5.10 Å². The zero-order chi connectivity index (χ0) is 14.7. The van der Waals surface area contributed by atoms with Gasteiger partial charge in [-0.3, -0.25) is 9.48 Å². The van der Waals surface area contributed by atoms with E-state index in [1.165, 1.54) is 0 Å². The normalized spacial score (nSPS) is 17.6. The topological polar surface area (TPSA) is 71.8 Å². The number of rotatable bonds is 3. The van der Waals surface area contributed by atoms with Crippen LogP contribution < -0.4 is 10.6 Å². The van der Waals surface area contributed by atoms with Crippen LogP contribution in [0.15, 0.2) is 30.6 Å². The predicted octanol–water partition coefficient (Wildman–Crippen LogP) is 1.96. The van der Waals surface area contributed by atoms with Crippen LogP contribution in [0.2, 0.25) is 0 Å². The minimum Gasteiger partial charge on any atom is -0.316 e. The lowest BCUT2D eigenvalue weighted by molar-refractivity contribution is 0.102. The molecule has 0 spiro atoms. The minimum absolute atomic E-state index is 0. The van der Waals surface area contributed by atoms with Gasteiger partial charge in [-0.25, -0.2) is 4.98 Å². The Hall–Kier alpha value is -1.92. The number of aryl methyl sites for hydroxylation is 1. The number of hydrogen-bond acceptors (Lipinski definition) is 4. The van der Waals surface area contributed by atoms with Gasteiger partial charge in [-0.1, -0.05) is 6.07 Å². The van der Waals surface area contributed by atoms with Gasteiger partial charge in [0.25, 0.3) is 5.91 Å². The van der Waals surface area contributed by atoms with E-state index in [2.05, 4.69) is 20.7 Å². The SMILES string of the molecule is Cl.Cn1cc(C(=O)Nc2ccccn2)c(C2CCCNC2)n1. The van der Waals surface area contributed by atoms with Crippen molar-refractivity contribution in [2.75, 3.05) is 18.4 Å². The van der Waals surface area contributed by atoms with Crippen molar-refractivity contribution in [2.24, 2.45) is 7.05 Å². The number of piperidine rings is 1. The van der Waals surface area contributed by atoms with Crippen molar-refractivity contribution in [1.29, 1.82) is 0 Å². The predicted molar refractivity (Wildman–Crippen MR) is 87.5 cm³/mol. The molecule has 3 heterocycles. The quantitative estimate of drug-likeness (QED) is 0.906. The van der Waals surface area contributed by atoms with Crippen molar-refractivity contribution in [3.05, 3.63) is 41.9 Å². The van der Waals surface area contributed by atoms with Gasteiger partial charge < -0.3 is 10.6 Å². The molecule has 1 saturated heterocycles. The molecule has 0 bridgehead atoms. The third-order valence-corrected chi connectivity index (χ3v) is 3.69. The Morgan fingerprint density at radius 2 is 2.32 bits per heavy atom. The molecule has 3 rings (SSSR count). The number of halogens is 1. The summed E-state index contributed by atoms with van der Waals surface area (Å²) in [5, 5.41) is 10.7. The molecule has 0 aromatic carbocycles. The molecule has 1 atom stereocenters. The van der Waals surface area contributed by atoms with Gasteiger partial charge >= 0.3 is 0 Å². The lowest BCUT2D eigenvalue weighted by Gasteiger charge is -2.21. The summed E-state index contributed by atoms with van der Waals surface area (Å²) in [5.41, 5.74) is 1.51. The average Bonchev–Trinajstić information content (AvgIpc) is 2.91. The highest BCUT2D eigenvalue weighted by atomic mass is 35.5. The Morgan fingerprint density at radius 1 is 1.45 bits per heavy atom. The van der Waals surface area contributed by atoms with Crippen molar-refractivity contribution in [2.45, 2.75) is 18.8 Å². The smallest absolute Gasteiger partial charge is 0.260 e. The summed E-state index contributed by atoms with van der Waals surface area (Å²) >= 11 is 0. The summed E-state index contributed by atoms with van der Waals surface area (Å²) in [7, 11) is 1.84. The number of carbonyl (C=O) groups excluding carboxylic acids is 1. The zero-order valence-corrected chi connectivity index (χ0v) is 13.3. The van der Waals surface area contributed by atoms with Crippen LogP contribution in [0.1, 0.15) is 34.8 Å². The summed E-state index contributed by atoms with van der Waals surface area (Å²) in [4.78, 5) is 16.6. The number of carbonyl (C=O) groups is 1. The number of anilines is 1. The molecule has 22 heavy (non-hydrogen) atoms. The molecule has 0 aliphatic carbocycles. The van der Waals surface area contributed by atoms with Gasteiger partial charge in [0, 0.05) is 31.9 Å². The molecule has 1 aliphatic rings. The average molecular weight is 322 g/mol. The first-order valence-electron chi connectivity index (χ1n) is 7.20. The Labute approximate surface area is 135 Å². The van der Waals surface area contributed by atoms with E-state index in [-0.39, 0.29) is 18.3 Å². The first-order chi connectivity index (χ1) is 10.2. The lowest BCUT2D eigenvalue weighted by Crippen LogP contribution is -2.29. The van der Waals surface area contributed by atoms with Crippen LogP contribution in [0.3, 0.4) is 0 Å². The zero-order valence-electron chi connectivity index (χ0n) is 12.5. The molecule has 2 aromatic heterocycles.